The second-order valence-electron chi connectivity index (χ2n) is 6.15. The molecule has 0 fully saturated rings. The summed E-state index contributed by atoms with van der Waals surface area (Å²) in [7, 11) is 3.40. The van der Waals surface area contributed by atoms with Crippen LogP contribution in [0.25, 0.3) is 0 Å². The van der Waals surface area contributed by atoms with Crippen LogP contribution in [0.4, 0.5) is 5.69 Å². The maximum absolute atomic E-state index is 12.2. The Bertz CT molecular complexity index is 801. The lowest BCUT2D eigenvalue weighted by Gasteiger charge is -2.26. The summed E-state index contributed by atoms with van der Waals surface area (Å²) >= 11 is 0. The summed E-state index contributed by atoms with van der Waals surface area (Å²) in [6.45, 7) is 0.559. The zero-order valence-corrected chi connectivity index (χ0v) is 14.5. The number of nitrogens with zero attached hydrogens (tertiary/aromatic N) is 1. The van der Waals surface area contributed by atoms with Crippen LogP contribution in [0.5, 0.6) is 5.75 Å². The first-order chi connectivity index (χ1) is 12.1. The molecule has 130 valence electrons. The summed E-state index contributed by atoms with van der Waals surface area (Å²) in [6, 6.07) is 13.2. The van der Waals surface area contributed by atoms with Crippen molar-refractivity contribution in [3.05, 3.63) is 59.2 Å². The topological polar surface area (TPSA) is 58.6 Å². The second kappa shape index (κ2) is 7.38. The Balaban J connectivity index is 1.59. The minimum Gasteiger partial charge on any atom is -0.497 e. The van der Waals surface area contributed by atoms with E-state index in [0.717, 1.165) is 24.1 Å². The van der Waals surface area contributed by atoms with Crippen LogP contribution < -0.4 is 15.0 Å². The van der Waals surface area contributed by atoms with Crippen LogP contribution in [-0.4, -0.2) is 32.5 Å². The van der Waals surface area contributed by atoms with Gasteiger partial charge >= 0.3 is 0 Å². The molecule has 0 saturated heterocycles. The van der Waals surface area contributed by atoms with Gasteiger partial charge < -0.3 is 15.0 Å². The predicted molar refractivity (Wildman–Crippen MR) is 97.2 cm³/mol. The number of hydrogen-bond donors (Lipinski definition) is 1. The van der Waals surface area contributed by atoms with Crippen LogP contribution in [-0.2, 0) is 17.6 Å². The van der Waals surface area contributed by atoms with E-state index >= 15 is 0 Å². The molecule has 1 aliphatic rings. The fraction of sp³-hybridized carbons (Fsp3) is 0.300. The molecule has 0 aromatic heterocycles. The summed E-state index contributed by atoms with van der Waals surface area (Å²) < 4.78 is 5.14. The molecule has 0 aliphatic carbocycles. The van der Waals surface area contributed by atoms with E-state index in [1.54, 1.807) is 30.2 Å². The fourth-order valence-corrected chi connectivity index (χ4v) is 3.05. The predicted octanol–water partition coefficient (Wildman–Crippen LogP) is 2.58. The number of ether oxygens (including phenoxy) is 1. The number of methoxy groups -OCH3 is 1. The van der Waals surface area contributed by atoms with Crippen LogP contribution in [0, 0.1) is 0 Å². The van der Waals surface area contributed by atoms with Gasteiger partial charge in [-0.1, -0.05) is 18.2 Å². The van der Waals surface area contributed by atoms with Crippen molar-refractivity contribution in [2.45, 2.75) is 19.3 Å². The van der Waals surface area contributed by atoms with Gasteiger partial charge in [-0.05, 0) is 48.2 Å². The number of aryl methyl sites for hydroxylation is 1. The summed E-state index contributed by atoms with van der Waals surface area (Å²) in [4.78, 5) is 25.7. The number of amides is 2. The van der Waals surface area contributed by atoms with Crippen LogP contribution in [0.1, 0.15) is 27.9 Å². The first-order valence-electron chi connectivity index (χ1n) is 8.39. The molecule has 2 amide bonds. The van der Waals surface area contributed by atoms with E-state index in [0.29, 0.717) is 24.3 Å². The van der Waals surface area contributed by atoms with Gasteiger partial charge in [-0.3, -0.25) is 9.59 Å². The van der Waals surface area contributed by atoms with Gasteiger partial charge in [0.1, 0.15) is 5.75 Å². The second-order valence-corrected chi connectivity index (χ2v) is 6.15. The molecule has 0 radical (unpaired) electrons. The number of rotatable bonds is 5. The molecular formula is C20H22N2O3. The smallest absolute Gasteiger partial charge is 0.251 e. The molecule has 1 heterocycles. The molecule has 0 spiro atoms. The van der Waals surface area contributed by atoms with E-state index in [9.17, 15) is 9.59 Å². The molecule has 5 nitrogen and oxygen atoms in total. The van der Waals surface area contributed by atoms with Crippen LogP contribution >= 0.6 is 0 Å². The van der Waals surface area contributed by atoms with Crippen molar-refractivity contribution in [1.82, 2.24) is 5.32 Å². The molecule has 0 unspecified atom stereocenters. The number of hydrogen-bond acceptors (Lipinski definition) is 3. The molecule has 1 N–H and O–H groups in total. The third-order valence-corrected chi connectivity index (χ3v) is 4.52. The number of anilines is 1. The van der Waals surface area contributed by atoms with Crippen molar-refractivity contribution in [2.75, 3.05) is 25.6 Å². The summed E-state index contributed by atoms with van der Waals surface area (Å²) in [6.07, 6.45) is 2.09. The summed E-state index contributed by atoms with van der Waals surface area (Å²) in [5.41, 5.74) is 3.93. The largest absolute Gasteiger partial charge is 0.497 e. The van der Waals surface area contributed by atoms with E-state index < -0.39 is 0 Å². The van der Waals surface area contributed by atoms with E-state index in [1.807, 2.05) is 25.2 Å². The van der Waals surface area contributed by atoms with Crippen LogP contribution in [0.15, 0.2) is 42.5 Å². The van der Waals surface area contributed by atoms with Gasteiger partial charge in [-0.25, -0.2) is 0 Å². The van der Waals surface area contributed by atoms with Crippen molar-refractivity contribution in [2.24, 2.45) is 0 Å². The highest BCUT2D eigenvalue weighted by atomic mass is 16.5. The lowest BCUT2D eigenvalue weighted by molar-refractivity contribution is -0.118. The summed E-state index contributed by atoms with van der Waals surface area (Å²) in [5, 5.41) is 2.94. The van der Waals surface area contributed by atoms with Gasteiger partial charge in [-0.2, -0.15) is 0 Å². The number of carbonyl (C=O) groups is 2. The Morgan fingerprint density at radius 3 is 2.84 bits per heavy atom. The lowest BCUT2D eigenvalue weighted by atomic mass is 9.98. The maximum Gasteiger partial charge on any atom is 0.251 e. The first kappa shape index (κ1) is 17.0. The Kier molecular flexibility index (Phi) is 5.03. The molecule has 3 rings (SSSR count). The van der Waals surface area contributed by atoms with Crippen molar-refractivity contribution in [1.29, 1.82) is 0 Å². The molecule has 0 atom stereocenters. The highest BCUT2D eigenvalue weighted by molar-refractivity contribution is 5.96. The minimum atomic E-state index is -0.109. The number of benzene rings is 2. The van der Waals surface area contributed by atoms with Crippen molar-refractivity contribution in [3.63, 3.8) is 0 Å². The molecule has 1 aliphatic heterocycles. The number of fused-ring (bicyclic) bond motifs is 1. The van der Waals surface area contributed by atoms with Gasteiger partial charge in [-0.15, -0.1) is 0 Å². The monoisotopic (exact) mass is 338 g/mol. The van der Waals surface area contributed by atoms with Gasteiger partial charge in [0.05, 0.1) is 7.11 Å². The number of carbonyl (C=O) groups excluding carboxylic acids is 2. The minimum absolute atomic E-state index is 0.109. The maximum atomic E-state index is 12.2. The normalized spacial score (nSPS) is 13.4. The Morgan fingerprint density at radius 1 is 1.20 bits per heavy atom. The van der Waals surface area contributed by atoms with Crippen LogP contribution in [0.2, 0.25) is 0 Å². The van der Waals surface area contributed by atoms with E-state index in [4.69, 9.17) is 4.74 Å². The van der Waals surface area contributed by atoms with Crippen molar-refractivity contribution in [3.8, 4) is 5.75 Å². The molecule has 5 heteroatoms. The van der Waals surface area contributed by atoms with Gasteiger partial charge in [0.25, 0.3) is 5.91 Å². The zero-order chi connectivity index (χ0) is 17.8. The third kappa shape index (κ3) is 3.82. The highest BCUT2D eigenvalue weighted by Gasteiger charge is 2.20. The van der Waals surface area contributed by atoms with E-state index in [-0.39, 0.29) is 11.8 Å². The fourth-order valence-electron chi connectivity index (χ4n) is 3.05. The van der Waals surface area contributed by atoms with E-state index in [2.05, 4.69) is 11.4 Å². The molecular weight excluding hydrogens is 316 g/mol. The molecule has 2 aromatic carbocycles. The summed E-state index contributed by atoms with van der Waals surface area (Å²) in [5.74, 6) is 0.717. The Labute approximate surface area is 147 Å². The van der Waals surface area contributed by atoms with Gasteiger partial charge in [0.2, 0.25) is 5.91 Å². The lowest BCUT2D eigenvalue weighted by Crippen LogP contribution is -2.31. The zero-order valence-electron chi connectivity index (χ0n) is 14.5. The Morgan fingerprint density at radius 2 is 2.04 bits per heavy atom. The van der Waals surface area contributed by atoms with Crippen LogP contribution in [0.3, 0.4) is 0 Å². The average molecular weight is 338 g/mol. The standard InChI is InChI=1S/C20H22N2O3/c1-22-18-8-6-14(12-15(18)7-9-19(22)23)10-11-21-20(24)16-4-3-5-17(13-16)25-2/h3-6,8,12-13H,7,9-11H2,1-2H3,(H,21,24). The van der Waals surface area contributed by atoms with E-state index in [1.165, 1.54) is 5.56 Å². The van der Waals surface area contributed by atoms with Gasteiger partial charge in [0, 0.05) is 31.3 Å². The number of nitrogens with one attached hydrogen (secondary N) is 1. The molecule has 25 heavy (non-hydrogen) atoms. The first-order valence-corrected chi connectivity index (χ1v) is 8.39. The highest BCUT2D eigenvalue weighted by Crippen LogP contribution is 2.27. The molecule has 0 saturated carbocycles. The average Bonchev–Trinajstić information content (AvgIpc) is 2.64. The van der Waals surface area contributed by atoms with Crippen molar-refractivity contribution >= 4 is 17.5 Å². The molecule has 2 aromatic rings. The SMILES string of the molecule is COc1cccc(C(=O)NCCc2ccc3c(c2)CCC(=O)N3C)c1. The molecule has 0 bridgehead atoms. The van der Waals surface area contributed by atoms with Crippen molar-refractivity contribution < 1.29 is 14.3 Å². The Hall–Kier alpha value is -2.82. The van der Waals surface area contributed by atoms with Gasteiger partial charge in [0.15, 0.2) is 0 Å². The third-order valence-electron chi connectivity index (χ3n) is 4.52. The quantitative estimate of drug-likeness (QED) is 0.911.